The van der Waals surface area contributed by atoms with Gasteiger partial charge in [-0.25, -0.2) is 4.98 Å². The topological polar surface area (TPSA) is 17.8 Å². The van der Waals surface area contributed by atoms with E-state index in [1.54, 1.807) is 0 Å². The van der Waals surface area contributed by atoms with Crippen LogP contribution in [0.25, 0.3) is 11.0 Å². The first-order valence-corrected chi connectivity index (χ1v) is 12.5. The Balaban J connectivity index is 0.00000245. The van der Waals surface area contributed by atoms with E-state index in [-0.39, 0.29) is 24.0 Å². The van der Waals surface area contributed by atoms with Gasteiger partial charge >= 0.3 is 0 Å². The molecule has 2 nitrogen and oxygen atoms in total. The third-order valence-electron chi connectivity index (χ3n) is 5.80. The lowest BCUT2D eigenvalue weighted by Crippen LogP contribution is -3.00. The Bertz CT molecular complexity index is 1210. The largest absolute Gasteiger partial charge is 1.00 e. The molecule has 4 aromatic carbocycles. The fourth-order valence-corrected chi connectivity index (χ4v) is 6.70. The molecular formula is C28H26IN2P. The third-order valence-corrected chi connectivity index (χ3v) is 8.62. The van der Waals surface area contributed by atoms with Crippen LogP contribution in [0.15, 0.2) is 116 Å². The second kappa shape index (κ2) is 10.9. The van der Waals surface area contributed by atoms with E-state index in [9.17, 15) is 0 Å². The van der Waals surface area contributed by atoms with Crippen LogP contribution in [0.2, 0.25) is 0 Å². The Labute approximate surface area is 208 Å². The van der Waals surface area contributed by atoms with Gasteiger partial charge in [0, 0.05) is 6.54 Å². The summed E-state index contributed by atoms with van der Waals surface area (Å²) in [5.74, 6) is 0. The molecule has 1 heterocycles. The molecule has 32 heavy (non-hydrogen) atoms. The molecule has 1 aromatic heterocycles. The number of halogens is 1. The van der Waals surface area contributed by atoms with E-state index in [0.717, 1.165) is 24.6 Å². The summed E-state index contributed by atoms with van der Waals surface area (Å²) in [5.41, 5.74) is 5.03. The molecule has 0 radical (unpaired) electrons. The number of hydrogen-bond donors (Lipinski definition) is 0. The molecule has 0 bridgehead atoms. The summed E-state index contributed by atoms with van der Waals surface area (Å²) in [4.78, 5) is 4.72. The van der Waals surface area contributed by atoms with Gasteiger partial charge in [-0.1, -0.05) is 72.8 Å². The molecule has 0 saturated carbocycles. The number of aryl methyl sites for hydroxylation is 2. The van der Waals surface area contributed by atoms with Crippen LogP contribution in [-0.4, -0.2) is 9.55 Å². The highest BCUT2D eigenvalue weighted by Gasteiger charge is 2.23. The lowest BCUT2D eigenvalue weighted by Gasteiger charge is -2.11. The van der Waals surface area contributed by atoms with E-state index in [1.165, 1.54) is 27.3 Å². The Hall–Kier alpha value is -2.49. The second-order valence-electron chi connectivity index (χ2n) is 7.88. The molecule has 4 heteroatoms. The highest BCUT2D eigenvalue weighted by atomic mass is 127. The number of aromatic nitrogens is 2. The minimum atomic E-state index is -0.893. The third kappa shape index (κ3) is 5.28. The zero-order valence-corrected chi connectivity index (χ0v) is 21.0. The molecule has 0 aliphatic heterocycles. The van der Waals surface area contributed by atoms with Gasteiger partial charge in [0.25, 0.3) is 0 Å². The number of benzene rings is 4. The summed E-state index contributed by atoms with van der Waals surface area (Å²) in [7, 11) is -0.893. The molecule has 0 amide bonds. The molecule has 160 valence electrons. The van der Waals surface area contributed by atoms with Crippen LogP contribution in [0.3, 0.4) is 0 Å². The van der Waals surface area contributed by atoms with Crippen LogP contribution in [0.1, 0.15) is 11.1 Å². The van der Waals surface area contributed by atoms with Crippen molar-refractivity contribution in [1.82, 2.24) is 9.55 Å². The molecule has 0 fully saturated rings. The average Bonchev–Trinajstić information content (AvgIpc) is 3.25. The predicted molar refractivity (Wildman–Crippen MR) is 134 cm³/mol. The lowest BCUT2D eigenvalue weighted by molar-refractivity contribution is -0.00000610. The Morgan fingerprint density at radius 1 is 0.656 bits per heavy atom. The van der Waals surface area contributed by atoms with Crippen LogP contribution in [0, 0.1) is 0 Å². The summed E-state index contributed by atoms with van der Waals surface area (Å²) < 4.78 is 2.27. The van der Waals surface area contributed by atoms with E-state index in [0.29, 0.717) is 0 Å². The molecular weight excluding hydrogens is 522 g/mol. The van der Waals surface area contributed by atoms with Gasteiger partial charge < -0.3 is 28.5 Å². The SMILES string of the molecule is [I-].c1ccc(CCn2cnc3cc(C[PH+](c4ccccc4)c4ccccc4)ccc32)cc1. The molecule has 0 spiro atoms. The lowest BCUT2D eigenvalue weighted by atomic mass is 10.1. The summed E-state index contributed by atoms with van der Waals surface area (Å²) in [6.07, 6.45) is 4.06. The maximum atomic E-state index is 4.72. The number of hydrogen-bond acceptors (Lipinski definition) is 1. The molecule has 0 aliphatic carbocycles. The van der Waals surface area contributed by atoms with E-state index >= 15 is 0 Å². The highest BCUT2D eigenvalue weighted by molar-refractivity contribution is 7.72. The second-order valence-corrected chi connectivity index (χ2v) is 10.3. The molecule has 0 atom stereocenters. The first kappa shape index (κ1) is 22.7. The fourth-order valence-electron chi connectivity index (χ4n) is 4.15. The van der Waals surface area contributed by atoms with Crippen LogP contribution in [0.5, 0.6) is 0 Å². The van der Waals surface area contributed by atoms with Gasteiger partial charge in [0.15, 0.2) is 0 Å². The quantitative estimate of drug-likeness (QED) is 0.226. The van der Waals surface area contributed by atoms with E-state index in [1.807, 2.05) is 6.33 Å². The molecule has 0 unspecified atom stereocenters. The minimum absolute atomic E-state index is 0. The van der Waals surface area contributed by atoms with Crippen LogP contribution < -0.4 is 34.6 Å². The normalized spacial score (nSPS) is 10.9. The zero-order chi connectivity index (χ0) is 20.9. The molecule has 0 N–H and O–H groups in total. The van der Waals surface area contributed by atoms with Crippen molar-refractivity contribution in [1.29, 1.82) is 0 Å². The van der Waals surface area contributed by atoms with Gasteiger partial charge in [0.2, 0.25) is 0 Å². The molecule has 0 aliphatic rings. The first-order valence-electron chi connectivity index (χ1n) is 10.8. The maximum Gasteiger partial charge on any atom is 0.0970 e. The number of fused-ring (bicyclic) bond motifs is 1. The Morgan fingerprint density at radius 3 is 1.88 bits per heavy atom. The van der Waals surface area contributed by atoms with Gasteiger partial charge in [-0.3, -0.25) is 0 Å². The minimum Gasteiger partial charge on any atom is -1.00 e. The molecule has 5 rings (SSSR count). The number of rotatable bonds is 7. The number of imidazole rings is 1. The van der Waals surface area contributed by atoms with E-state index in [2.05, 4.69) is 114 Å². The van der Waals surface area contributed by atoms with Crippen molar-refractivity contribution in [3.05, 3.63) is 127 Å². The van der Waals surface area contributed by atoms with Gasteiger partial charge in [-0.2, -0.15) is 0 Å². The van der Waals surface area contributed by atoms with E-state index < -0.39 is 7.92 Å². The summed E-state index contributed by atoms with van der Waals surface area (Å²) in [6, 6.07) is 39.4. The Kier molecular flexibility index (Phi) is 7.72. The maximum absolute atomic E-state index is 4.72. The Morgan fingerprint density at radius 2 is 1.25 bits per heavy atom. The molecule has 0 saturated heterocycles. The standard InChI is InChI=1S/C28H25N2P.HI/c1-4-10-23(11-5-1)18-19-30-22-29-27-20-24(16-17-28(27)30)21-31(25-12-6-2-7-13-25)26-14-8-3-9-15-26;/h1-17,20,22H,18-19,21H2;1H. The van der Waals surface area contributed by atoms with E-state index in [4.69, 9.17) is 4.98 Å². The van der Waals surface area contributed by atoms with Crippen LogP contribution in [0.4, 0.5) is 0 Å². The summed E-state index contributed by atoms with van der Waals surface area (Å²) in [5, 5.41) is 2.90. The van der Waals surface area contributed by atoms with Crippen molar-refractivity contribution in [2.24, 2.45) is 0 Å². The highest BCUT2D eigenvalue weighted by Crippen LogP contribution is 2.38. The zero-order valence-electron chi connectivity index (χ0n) is 17.9. The van der Waals surface area contributed by atoms with Gasteiger partial charge in [-0.05, 0) is 53.9 Å². The van der Waals surface area contributed by atoms with Crippen molar-refractivity contribution in [2.75, 3.05) is 0 Å². The van der Waals surface area contributed by atoms with Crippen molar-refractivity contribution in [3.8, 4) is 0 Å². The van der Waals surface area contributed by atoms with Crippen molar-refractivity contribution >= 4 is 29.6 Å². The van der Waals surface area contributed by atoms with Gasteiger partial charge in [0.1, 0.15) is 0 Å². The first-order chi connectivity index (χ1) is 15.4. The monoisotopic (exact) mass is 548 g/mol. The van der Waals surface area contributed by atoms with Crippen LogP contribution >= 0.6 is 7.92 Å². The van der Waals surface area contributed by atoms with Gasteiger partial charge in [0.05, 0.1) is 42.1 Å². The fraction of sp³-hybridized carbons (Fsp3) is 0.107. The van der Waals surface area contributed by atoms with Crippen molar-refractivity contribution in [3.63, 3.8) is 0 Å². The van der Waals surface area contributed by atoms with Crippen molar-refractivity contribution < 1.29 is 24.0 Å². The van der Waals surface area contributed by atoms with Gasteiger partial charge in [-0.15, -0.1) is 0 Å². The van der Waals surface area contributed by atoms with Crippen molar-refractivity contribution in [2.45, 2.75) is 19.1 Å². The predicted octanol–water partition coefficient (Wildman–Crippen LogP) is 2.65. The summed E-state index contributed by atoms with van der Waals surface area (Å²) >= 11 is 0. The smallest absolute Gasteiger partial charge is 0.0970 e. The average molecular weight is 548 g/mol. The number of nitrogens with zero attached hydrogens (tertiary/aromatic N) is 2. The summed E-state index contributed by atoms with van der Waals surface area (Å²) in [6.45, 7) is 0.947. The van der Waals surface area contributed by atoms with Crippen LogP contribution in [-0.2, 0) is 19.1 Å². The molecule has 5 aromatic rings.